The summed E-state index contributed by atoms with van der Waals surface area (Å²) < 4.78 is 47.8. The molecule has 0 atom stereocenters. The summed E-state index contributed by atoms with van der Waals surface area (Å²) in [4.78, 5) is 25.5. The molecule has 0 saturated heterocycles. The zero-order valence-electron chi connectivity index (χ0n) is 21.9. The number of carbonyl (C=O) groups excluding carboxylic acids is 2. The number of amides is 2. The molecular weight excluding hydrogens is 548 g/mol. The number of carbonyl (C=O) groups is 2. The third-order valence-electron chi connectivity index (χ3n) is 6.33. The van der Waals surface area contributed by atoms with E-state index in [1.165, 1.54) is 48.5 Å². The van der Waals surface area contributed by atoms with Crippen molar-refractivity contribution in [2.75, 3.05) is 22.1 Å². The van der Waals surface area contributed by atoms with Gasteiger partial charge in [-0.15, -0.1) is 0 Å². The minimum absolute atomic E-state index is 0.00824. The molecule has 40 heavy (non-hydrogen) atoms. The predicted molar refractivity (Wildman–Crippen MR) is 156 cm³/mol. The van der Waals surface area contributed by atoms with Gasteiger partial charge in [0.2, 0.25) is 0 Å². The summed E-state index contributed by atoms with van der Waals surface area (Å²) >= 11 is 0. The molecule has 4 aromatic carbocycles. The summed E-state index contributed by atoms with van der Waals surface area (Å²) in [5.74, 6) is -0.720. The van der Waals surface area contributed by atoms with Gasteiger partial charge >= 0.3 is 0 Å². The molecular formula is C30H28N2O6S2. The van der Waals surface area contributed by atoms with Crippen LogP contribution in [-0.2, 0) is 19.7 Å². The third kappa shape index (κ3) is 6.64. The fourth-order valence-electron chi connectivity index (χ4n) is 3.86. The molecule has 0 aliphatic heterocycles. The number of hydrogen-bond donors (Lipinski definition) is 2. The van der Waals surface area contributed by atoms with Crippen molar-refractivity contribution in [1.29, 1.82) is 0 Å². The number of sulfone groups is 2. The molecule has 0 spiro atoms. The zero-order valence-corrected chi connectivity index (χ0v) is 23.6. The Kier molecular flexibility index (Phi) is 8.51. The van der Waals surface area contributed by atoms with Gasteiger partial charge in [0.05, 0.1) is 21.3 Å². The molecule has 10 heteroatoms. The van der Waals surface area contributed by atoms with Crippen molar-refractivity contribution >= 4 is 42.9 Å². The first-order chi connectivity index (χ1) is 19.0. The van der Waals surface area contributed by atoms with Crippen LogP contribution in [0.25, 0.3) is 11.1 Å². The summed E-state index contributed by atoms with van der Waals surface area (Å²) in [5.41, 5.74) is 3.66. The Morgan fingerprint density at radius 3 is 1.07 bits per heavy atom. The van der Waals surface area contributed by atoms with Crippen LogP contribution in [0.4, 0.5) is 11.4 Å². The van der Waals surface area contributed by atoms with Crippen molar-refractivity contribution in [3.8, 4) is 11.1 Å². The zero-order chi connectivity index (χ0) is 28.9. The van der Waals surface area contributed by atoms with Crippen molar-refractivity contribution in [3.05, 3.63) is 108 Å². The summed E-state index contributed by atoms with van der Waals surface area (Å²) in [7, 11) is -6.66. The van der Waals surface area contributed by atoms with Gasteiger partial charge in [-0.3, -0.25) is 9.59 Å². The topological polar surface area (TPSA) is 126 Å². The van der Waals surface area contributed by atoms with Crippen molar-refractivity contribution in [2.24, 2.45) is 0 Å². The Bertz CT molecular complexity index is 1600. The highest BCUT2D eigenvalue weighted by Crippen LogP contribution is 2.24. The van der Waals surface area contributed by atoms with Gasteiger partial charge in [-0.1, -0.05) is 38.1 Å². The van der Waals surface area contributed by atoms with Crippen LogP contribution >= 0.6 is 0 Å². The Hall–Kier alpha value is -4.28. The van der Waals surface area contributed by atoms with Gasteiger partial charge < -0.3 is 10.6 Å². The van der Waals surface area contributed by atoms with Crippen molar-refractivity contribution in [3.63, 3.8) is 0 Å². The summed E-state index contributed by atoms with van der Waals surface area (Å²) in [5, 5.41) is 5.60. The van der Waals surface area contributed by atoms with E-state index in [2.05, 4.69) is 10.6 Å². The largest absolute Gasteiger partial charge is 0.322 e. The van der Waals surface area contributed by atoms with Crippen molar-refractivity contribution in [2.45, 2.75) is 23.6 Å². The SMILES string of the molecule is CCS(=O)(=O)c1ccc(C(=O)Nc2ccc(-c3ccc(NC(=O)c4ccc(S(=O)(=O)CC)cc4)cc3)cc2)cc1. The molecule has 0 radical (unpaired) electrons. The van der Waals surface area contributed by atoms with Crippen LogP contribution in [0.5, 0.6) is 0 Å². The van der Waals surface area contributed by atoms with E-state index in [4.69, 9.17) is 0 Å². The maximum atomic E-state index is 12.6. The summed E-state index contributed by atoms with van der Waals surface area (Å²) in [6.45, 7) is 3.14. The van der Waals surface area contributed by atoms with E-state index in [0.29, 0.717) is 22.5 Å². The molecule has 8 nitrogen and oxygen atoms in total. The molecule has 0 aliphatic rings. The highest BCUT2D eigenvalue weighted by molar-refractivity contribution is 7.91. The molecule has 0 fully saturated rings. The van der Waals surface area contributed by atoms with Crippen LogP contribution in [-0.4, -0.2) is 40.2 Å². The summed E-state index contributed by atoms with van der Waals surface area (Å²) in [6, 6.07) is 26.1. The van der Waals surface area contributed by atoms with E-state index in [0.717, 1.165) is 11.1 Å². The Balaban J connectivity index is 1.37. The lowest BCUT2D eigenvalue weighted by molar-refractivity contribution is 0.101. The Morgan fingerprint density at radius 2 is 0.800 bits per heavy atom. The molecule has 206 valence electrons. The molecule has 0 heterocycles. The van der Waals surface area contributed by atoms with Crippen LogP contribution in [0.1, 0.15) is 34.6 Å². The quantitative estimate of drug-likeness (QED) is 0.273. The number of rotatable bonds is 9. The molecule has 4 aromatic rings. The van der Waals surface area contributed by atoms with Crippen LogP contribution < -0.4 is 10.6 Å². The van der Waals surface area contributed by atoms with E-state index in [1.807, 2.05) is 24.3 Å². The second kappa shape index (κ2) is 11.8. The van der Waals surface area contributed by atoms with Gasteiger partial charge in [0.25, 0.3) is 11.8 Å². The van der Waals surface area contributed by atoms with Crippen LogP contribution in [0.2, 0.25) is 0 Å². The minimum atomic E-state index is -3.33. The summed E-state index contributed by atoms with van der Waals surface area (Å²) in [6.07, 6.45) is 0. The molecule has 2 amide bonds. The van der Waals surface area contributed by atoms with E-state index in [9.17, 15) is 26.4 Å². The van der Waals surface area contributed by atoms with E-state index < -0.39 is 19.7 Å². The van der Waals surface area contributed by atoms with Gasteiger partial charge in [-0.05, 0) is 83.9 Å². The first kappa shape index (κ1) is 28.7. The molecule has 0 unspecified atom stereocenters. The van der Waals surface area contributed by atoms with Gasteiger partial charge in [-0.2, -0.15) is 0 Å². The molecule has 0 bridgehead atoms. The highest BCUT2D eigenvalue weighted by atomic mass is 32.2. The molecule has 4 rings (SSSR count). The highest BCUT2D eigenvalue weighted by Gasteiger charge is 2.14. The minimum Gasteiger partial charge on any atom is -0.322 e. The molecule has 0 saturated carbocycles. The molecule has 0 aliphatic carbocycles. The van der Waals surface area contributed by atoms with Crippen LogP contribution in [0, 0.1) is 0 Å². The lowest BCUT2D eigenvalue weighted by Crippen LogP contribution is -2.12. The maximum Gasteiger partial charge on any atom is 0.255 e. The Morgan fingerprint density at radius 1 is 0.500 bits per heavy atom. The fourth-order valence-corrected chi connectivity index (χ4v) is 5.63. The van der Waals surface area contributed by atoms with Crippen LogP contribution in [0.3, 0.4) is 0 Å². The van der Waals surface area contributed by atoms with Gasteiger partial charge in [0, 0.05) is 22.5 Å². The average Bonchev–Trinajstić information content (AvgIpc) is 2.98. The second-order valence-electron chi connectivity index (χ2n) is 8.92. The Labute approximate surface area is 233 Å². The third-order valence-corrected chi connectivity index (χ3v) is 9.83. The van der Waals surface area contributed by atoms with Crippen molar-refractivity contribution in [1.82, 2.24) is 0 Å². The molecule has 2 N–H and O–H groups in total. The first-order valence-electron chi connectivity index (χ1n) is 12.5. The van der Waals surface area contributed by atoms with Crippen LogP contribution in [0.15, 0.2) is 107 Å². The number of nitrogens with one attached hydrogen (secondary N) is 2. The van der Waals surface area contributed by atoms with Gasteiger partial charge in [-0.25, -0.2) is 16.8 Å². The lowest BCUT2D eigenvalue weighted by atomic mass is 10.0. The number of benzene rings is 4. The smallest absolute Gasteiger partial charge is 0.255 e. The monoisotopic (exact) mass is 576 g/mol. The van der Waals surface area contributed by atoms with Gasteiger partial charge in [0.15, 0.2) is 19.7 Å². The average molecular weight is 577 g/mol. The van der Waals surface area contributed by atoms with Crippen molar-refractivity contribution < 1.29 is 26.4 Å². The number of anilines is 2. The van der Waals surface area contributed by atoms with Gasteiger partial charge in [0.1, 0.15) is 0 Å². The first-order valence-corrected chi connectivity index (χ1v) is 15.8. The maximum absolute atomic E-state index is 12.6. The predicted octanol–water partition coefficient (Wildman–Crippen LogP) is 5.45. The standard InChI is InChI=1S/C30H28N2O6S2/c1-3-39(35,36)27-17-9-23(10-18-27)29(33)31-25-13-5-21(6-14-25)22-7-15-26(16-8-22)32-30(34)24-11-19-28(20-12-24)40(37,38)4-2/h5-20H,3-4H2,1-2H3,(H,31,33)(H,32,34). The normalized spacial score (nSPS) is 11.6. The second-order valence-corrected chi connectivity index (χ2v) is 13.5. The van der Waals surface area contributed by atoms with E-state index in [-0.39, 0.29) is 33.1 Å². The van der Waals surface area contributed by atoms with E-state index in [1.54, 1.807) is 38.1 Å². The fraction of sp³-hybridized carbons (Fsp3) is 0.133. The number of hydrogen-bond acceptors (Lipinski definition) is 6. The molecule has 0 aromatic heterocycles. The lowest BCUT2D eigenvalue weighted by Gasteiger charge is -2.09. The van der Waals surface area contributed by atoms with E-state index >= 15 is 0 Å².